The Balaban J connectivity index is 1.24. The number of rotatable bonds is 9. The minimum Gasteiger partial charge on any atom is -0.378 e. The van der Waals surface area contributed by atoms with Gasteiger partial charge in [-0.05, 0) is 63.5 Å². The van der Waals surface area contributed by atoms with Crippen molar-refractivity contribution in [3.63, 3.8) is 0 Å². The van der Waals surface area contributed by atoms with Crippen LogP contribution in [0.1, 0.15) is 69.8 Å². The number of nitrogens with one attached hydrogen (secondary N) is 2. The van der Waals surface area contributed by atoms with Gasteiger partial charge in [-0.15, -0.1) is 0 Å². The molecule has 6 nitrogen and oxygen atoms in total. The summed E-state index contributed by atoms with van der Waals surface area (Å²) in [7, 11) is 1.86. The Morgan fingerprint density at radius 2 is 1.90 bits per heavy atom. The van der Waals surface area contributed by atoms with Crippen molar-refractivity contribution in [2.45, 2.75) is 83.3 Å². The van der Waals surface area contributed by atoms with Crippen LogP contribution in [0, 0.1) is 6.92 Å². The normalized spacial score (nSPS) is 19.1. The highest BCUT2D eigenvalue weighted by Gasteiger charge is 2.20. The summed E-state index contributed by atoms with van der Waals surface area (Å²) >= 11 is 0. The first-order chi connectivity index (χ1) is 14.7. The van der Waals surface area contributed by atoms with E-state index in [1.54, 1.807) is 0 Å². The fraction of sp³-hybridized carbons (Fsp3) is 0.750. The van der Waals surface area contributed by atoms with Crippen LogP contribution in [0.3, 0.4) is 0 Å². The van der Waals surface area contributed by atoms with Crippen molar-refractivity contribution in [2.75, 3.05) is 38.2 Å². The molecule has 1 saturated carbocycles. The summed E-state index contributed by atoms with van der Waals surface area (Å²) in [5.74, 6) is 2.02. The molecule has 30 heavy (non-hydrogen) atoms. The van der Waals surface area contributed by atoms with E-state index in [9.17, 15) is 0 Å². The average molecular weight is 416 g/mol. The Labute approximate surface area is 182 Å². The molecular formula is C24H41N5O. The topological polar surface area (TPSA) is 61.8 Å². The van der Waals surface area contributed by atoms with Crippen molar-refractivity contribution in [2.24, 2.45) is 4.99 Å². The Morgan fingerprint density at radius 3 is 2.60 bits per heavy atom. The summed E-state index contributed by atoms with van der Waals surface area (Å²) in [6, 6.07) is 4.74. The van der Waals surface area contributed by atoms with Crippen LogP contribution in [0.25, 0.3) is 0 Å². The Hall–Kier alpha value is -1.82. The predicted molar refractivity (Wildman–Crippen MR) is 125 cm³/mol. The molecule has 0 unspecified atom stereocenters. The number of guanidine groups is 1. The lowest BCUT2D eigenvalue weighted by atomic mass is 9.98. The molecular weight excluding hydrogens is 374 g/mol. The van der Waals surface area contributed by atoms with Gasteiger partial charge in [-0.25, -0.2) is 4.98 Å². The lowest BCUT2D eigenvalue weighted by Crippen LogP contribution is -2.49. The molecule has 0 atom stereocenters. The third-order valence-electron chi connectivity index (χ3n) is 6.30. The van der Waals surface area contributed by atoms with Crippen molar-refractivity contribution in [3.05, 3.63) is 23.9 Å². The molecule has 0 radical (unpaired) electrons. The van der Waals surface area contributed by atoms with Gasteiger partial charge in [-0.1, -0.05) is 25.3 Å². The maximum atomic E-state index is 6.01. The maximum absolute atomic E-state index is 6.01. The smallest absolute Gasteiger partial charge is 0.191 e. The minimum atomic E-state index is 0.474. The van der Waals surface area contributed by atoms with Crippen LogP contribution < -0.4 is 15.5 Å². The number of aliphatic imine (C=N–C) groups is 1. The third-order valence-corrected chi connectivity index (χ3v) is 6.30. The highest BCUT2D eigenvalue weighted by Crippen LogP contribution is 2.20. The zero-order valence-electron chi connectivity index (χ0n) is 19.0. The monoisotopic (exact) mass is 415 g/mol. The highest BCUT2D eigenvalue weighted by atomic mass is 16.5. The molecule has 2 fully saturated rings. The van der Waals surface area contributed by atoms with Crippen molar-refractivity contribution in [3.8, 4) is 0 Å². The van der Waals surface area contributed by atoms with Gasteiger partial charge in [-0.3, -0.25) is 4.99 Å². The van der Waals surface area contributed by atoms with Gasteiger partial charge in [0.2, 0.25) is 0 Å². The van der Waals surface area contributed by atoms with E-state index in [0.717, 1.165) is 63.7 Å². The summed E-state index contributed by atoms with van der Waals surface area (Å²) in [6.07, 6.45) is 14.9. The molecule has 0 amide bonds. The molecule has 2 N–H and O–H groups in total. The first-order valence-corrected chi connectivity index (χ1v) is 12.0. The molecule has 1 aliphatic heterocycles. The molecule has 0 bridgehead atoms. The van der Waals surface area contributed by atoms with Crippen LogP contribution >= 0.6 is 0 Å². The molecule has 1 aromatic heterocycles. The lowest BCUT2D eigenvalue weighted by molar-refractivity contribution is 0.0264. The summed E-state index contributed by atoms with van der Waals surface area (Å²) in [6.45, 7) is 6.04. The SMILES string of the molecule is CN=C(NCCCCCOC1CCCCC1)NC1CCN(c2ccc(C)cn2)CC1. The molecule has 1 aliphatic carbocycles. The van der Waals surface area contributed by atoms with Gasteiger partial charge in [0.05, 0.1) is 6.10 Å². The second kappa shape index (κ2) is 12.8. The fourth-order valence-electron chi connectivity index (χ4n) is 4.38. The highest BCUT2D eigenvalue weighted by molar-refractivity contribution is 5.79. The largest absolute Gasteiger partial charge is 0.378 e. The van der Waals surface area contributed by atoms with Crippen molar-refractivity contribution in [1.82, 2.24) is 15.6 Å². The van der Waals surface area contributed by atoms with Crippen LogP contribution in [0.5, 0.6) is 0 Å². The van der Waals surface area contributed by atoms with Crippen LogP contribution in [-0.4, -0.2) is 56.4 Å². The summed E-state index contributed by atoms with van der Waals surface area (Å²) in [4.78, 5) is 11.3. The third kappa shape index (κ3) is 7.78. The summed E-state index contributed by atoms with van der Waals surface area (Å²) in [5, 5.41) is 7.08. The number of aromatic nitrogens is 1. The number of pyridine rings is 1. The average Bonchev–Trinajstić information content (AvgIpc) is 2.79. The van der Waals surface area contributed by atoms with Gasteiger partial charge in [0.1, 0.15) is 5.82 Å². The molecule has 1 saturated heterocycles. The molecule has 6 heteroatoms. The van der Waals surface area contributed by atoms with E-state index < -0.39 is 0 Å². The molecule has 3 rings (SSSR count). The number of piperidine rings is 1. The molecule has 2 aliphatic rings. The number of hydrogen-bond acceptors (Lipinski definition) is 4. The van der Waals surface area contributed by atoms with Crippen molar-refractivity contribution < 1.29 is 4.74 Å². The van der Waals surface area contributed by atoms with E-state index in [2.05, 4.69) is 44.6 Å². The molecule has 1 aromatic rings. The van der Waals surface area contributed by atoms with Crippen molar-refractivity contribution in [1.29, 1.82) is 0 Å². The second-order valence-corrected chi connectivity index (χ2v) is 8.79. The maximum Gasteiger partial charge on any atom is 0.191 e. The van der Waals surface area contributed by atoms with E-state index >= 15 is 0 Å². The zero-order valence-corrected chi connectivity index (χ0v) is 19.0. The van der Waals surface area contributed by atoms with Gasteiger partial charge in [0, 0.05) is 45.5 Å². The van der Waals surface area contributed by atoms with Crippen LogP contribution in [0.2, 0.25) is 0 Å². The number of hydrogen-bond donors (Lipinski definition) is 2. The number of aryl methyl sites for hydroxylation is 1. The van der Waals surface area contributed by atoms with E-state index in [-0.39, 0.29) is 0 Å². The summed E-state index contributed by atoms with van der Waals surface area (Å²) < 4.78 is 6.01. The Bertz CT molecular complexity index is 619. The van der Waals surface area contributed by atoms with E-state index in [1.165, 1.54) is 44.1 Å². The Kier molecular flexibility index (Phi) is 9.74. The number of unbranched alkanes of at least 4 members (excludes halogenated alkanes) is 2. The van der Waals surface area contributed by atoms with Crippen LogP contribution in [0.15, 0.2) is 23.3 Å². The van der Waals surface area contributed by atoms with Gasteiger partial charge in [0.25, 0.3) is 0 Å². The first kappa shape index (κ1) is 22.9. The van der Waals surface area contributed by atoms with Crippen molar-refractivity contribution >= 4 is 11.8 Å². The standard InChI is InChI=1S/C24H41N5O/c1-20-11-12-23(27-19-20)29-16-13-21(14-17-29)28-24(25-2)26-15-7-4-8-18-30-22-9-5-3-6-10-22/h11-12,19,21-22H,3-10,13-18H2,1-2H3,(H2,25,26,28). The van der Waals surface area contributed by atoms with Gasteiger partial charge in [0.15, 0.2) is 5.96 Å². The quantitative estimate of drug-likeness (QED) is 0.362. The predicted octanol–water partition coefficient (Wildman–Crippen LogP) is 4.04. The lowest BCUT2D eigenvalue weighted by Gasteiger charge is -2.33. The number of anilines is 1. The van der Waals surface area contributed by atoms with Gasteiger partial charge >= 0.3 is 0 Å². The van der Waals surface area contributed by atoms with Gasteiger partial charge < -0.3 is 20.3 Å². The number of ether oxygens (including phenoxy) is 1. The molecule has 0 spiro atoms. The zero-order chi connectivity index (χ0) is 21.0. The summed E-state index contributed by atoms with van der Waals surface area (Å²) in [5.41, 5.74) is 1.21. The minimum absolute atomic E-state index is 0.474. The van der Waals surface area contributed by atoms with Crippen LogP contribution in [0.4, 0.5) is 5.82 Å². The fourth-order valence-corrected chi connectivity index (χ4v) is 4.38. The van der Waals surface area contributed by atoms with E-state index in [0.29, 0.717) is 12.1 Å². The number of nitrogens with zero attached hydrogens (tertiary/aromatic N) is 3. The first-order valence-electron chi connectivity index (χ1n) is 12.0. The van der Waals surface area contributed by atoms with Gasteiger partial charge in [-0.2, -0.15) is 0 Å². The van der Waals surface area contributed by atoms with Crippen LogP contribution in [-0.2, 0) is 4.74 Å². The second-order valence-electron chi connectivity index (χ2n) is 8.79. The molecule has 0 aromatic carbocycles. The van der Waals surface area contributed by atoms with E-state index in [1.807, 2.05) is 13.2 Å². The molecule has 168 valence electrons. The molecule has 2 heterocycles. The Morgan fingerprint density at radius 1 is 1.10 bits per heavy atom. The van der Waals surface area contributed by atoms with E-state index in [4.69, 9.17) is 4.74 Å².